The molecule has 0 bridgehead atoms. The van der Waals surface area contributed by atoms with Gasteiger partial charge in [0.2, 0.25) is 5.91 Å². The van der Waals surface area contributed by atoms with Crippen LogP contribution in [0.15, 0.2) is 29.3 Å². The molecule has 0 saturated carbocycles. The minimum Gasteiger partial charge on any atom is -0.350 e. The van der Waals surface area contributed by atoms with E-state index in [2.05, 4.69) is 36.2 Å². The lowest BCUT2D eigenvalue weighted by Gasteiger charge is -2.11. The molecule has 0 aliphatic rings. The van der Waals surface area contributed by atoms with E-state index in [4.69, 9.17) is 0 Å². The lowest BCUT2D eigenvalue weighted by molar-refractivity contribution is -0.182. The van der Waals surface area contributed by atoms with Crippen molar-refractivity contribution in [2.75, 3.05) is 11.9 Å². The molecule has 1 atom stereocenters. The van der Waals surface area contributed by atoms with Crippen molar-refractivity contribution < 1.29 is 22.7 Å². The molecule has 7 nitrogen and oxygen atoms in total. The molecule has 2 aromatic heterocycles. The van der Waals surface area contributed by atoms with Crippen molar-refractivity contribution in [1.29, 1.82) is 0 Å². The zero-order valence-corrected chi connectivity index (χ0v) is 13.5. The normalized spacial score (nSPS) is 13.1. The van der Waals surface area contributed by atoms with E-state index in [-0.39, 0.29) is 12.6 Å². The second-order valence-electron chi connectivity index (χ2n) is 4.67. The van der Waals surface area contributed by atoms with Crippen LogP contribution in [0.4, 0.5) is 18.9 Å². The molecular weight excluding hydrogens is 383 g/mol. The molecule has 23 heavy (non-hydrogen) atoms. The number of aromatic nitrogens is 4. The number of nitrogens with one attached hydrogen (secondary N) is 1. The average molecular weight is 396 g/mol. The van der Waals surface area contributed by atoms with Gasteiger partial charge in [-0.3, -0.25) is 9.48 Å². The number of carbonyl (C=O) groups excluding carboxylic acids is 1. The minimum atomic E-state index is -4.39. The summed E-state index contributed by atoms with van der Waals surface area (Å²) in [5, 5.41) is 10.4. The first-order valence-corrected chi connectivity index (χ1v) is 7.21. The Morgan fingerprint density at radius 3 is 2.74 bits per heavy atom. The van der Waals surface area contributed by atoms with Gasteiger partial charge < -0.3 is 10.1 Å². The third-order valence-electron chi connectivity index (χ3n) is 2.74. The molecule has 0 aliphatic heterocycles. The predicted molar refractivity (Wildman–Crippen MR) is 77.5 cm³/mol. The Morgan fingerprint density at radius 2 is 2.13 bits per heavy atom. The van der Waals surface area contributed by atoms with Gasteiger partial charge >= 0.3 is 6.18 Å². The number of rotatable bonds is 6. The first-order chi connectivity index (χ1) is 10.7. The number of alkyl halides is 3. The van der Waals surface area contributed by atoms with E-state index >= 15 is 0 Å². The molecule has 1 N–H and O–H groups in total. The van der Waals surface area contributed by atoms with Crippen LogP contribution in [0.1, 0.15) is 13.0 Å². The molecular formula is C12H13BrF3N5O2. The third-order valence-corrected chi connectivity index (χ3v) is 3.15. The number of halogens is 4. The molecule has 0 saturated heterocycles. The van der Waals surface area contributed by atoms with Crippen molar-refractivity contribution in [3.05, 3.63) is 29.3 Å². The molecule has 0 radical (unpaired) electrons. The van der Waals surface area contributed by atoms with Crippen LogP contribution in [0.2, 0.25) is 0 Å². The van der Waals surface area contributed by atoms with Crippen molar-refractivity contribution in [2.45, 2.75) is 25.9 Å². The average Bonchev–Trinajstić information content (AvgIpc) is 3.06. The fourth-order valence-electron chi connectivity index (χ4n) is 1.65. The maximum atomic E-state index is 12.1. The Morgan fingerprint density at radius 1 is 1.39 bits per heavy atom. The summed E-state index contributed by atoms with van der Waals surface area (Å²) in [6.07, 6.45) is 1.51. The minimum absolute atomic E-state index is 0.337. The van der Waals surface area contributed by atoms with Crippen LogP contribution in [-0.2, 0) is 16.3 Å². The monoisotopic (exact) mass is 395 g/mol. The highest BCUT2D eigenvalue weighted by Gasteiger charge is 2.27. The molecule has 0 aliphatic carbocycles. The van der Waals surface area contributed by atoms with Crippen LogP contribution in [0, 0.1) is 0 Å². The highest BCUT2D eigenvalue weighted by atomic mass is 79.9. The van der Waals surface area contributed by atoms with Crippen LogP contribution < -0.4 is 5.32 Å². The Balaban J connectivity index is 1.87. The topological polar surface area (TPSA) is 74.0 Å². The van der Waals surface area contributed by atoms with E-state index in [1.165, 1.54) is 17.1 Å². The Labute approximate surface area is 137 Å². The lowest BCUT2D eigenvalue weighted by Crippen LogP contribution is -2.23. The molecule has 126 valence electrons. The van der Waals surface area contributed by atoms with Gasteiger partial charge in [-0.15, -0.1) is 0 Å². The molecule has 2 aromatic rings. The van der Waals surface area contributed by atoms with Gasteiger partial charge in [0.25, 0.3) is 0 Å². The fraction of sp³-hybridized carbons (Fsp3) is 0.417. The van der Waals surface area contributed by atoms with Crippen molar-refractivity contribution in [1.82, 2.24) is 19.6 Å². The Kier molecular flexibility index (Phi) is 5.42. The smallest absolute Gasteiger partial charge is 0.350 e. The molecule has 1 unspecified atom stereocenters. The van der Waals surface area contributed by atoms with Gasteiger partial charge in [0.15, 0.2) is 0 Å². The zero-order chi connectivity index (χ0) is 17.0. The first kappa shape index (κ1) is 17.5. The van der Waals surface area contributed by atoms with Gasteiger partial charge in [0.1, 0.15) is 19.4 Å². The maximum absolute atomic E-state index is 12.1. The largest absolute Gasteiger partial charge is 0.411 e. The van der Waals surface area contributed by atoms with Crippen LogP contribution >= 0.6 is 15.9 Å². The summed E-state index contributed by atoms with van der Waals surface area (Å²) >= 11 is 3.24. The van der Waals surface area contributed by atoms with Crippen LogP contribution in [-0.4, -0.2) is 38.3 Å². The van der Waals surface area contributed by atoms with Crippen molar-refractivity contribution in [2.24, 2.45) is 0 Å². The summed E-state index contributed by atoms with van der Waals surface area (Å²) in [6.45, 7) is -0.0670. The number of amides is 1. The fourth-order valence-corrected chi connectivity index (χ4v) is 1.95. The second kappa shape index (κ2) is 7.13. The molecule has 1 amide bonds. The van der Waals surface area contributed by atoms with Gasteiger partial charge in [-0.05, 0) is 22.9 Å². The number of carbonyl (C=O) groups is 1. The van der Waals surface area contributed by atoms with E-state index in [0.29, 0.717) is 5.69 Å². The number of hydrogen-bond acceptors (Lipinski definition) is 4. The van der Waals surface area contributed by atoms with Crippen LogP contribution in [0.5, 0.6) is 0 Å². The molecule has 0 fully saturated rings. The highest BCUT2D eigenvalue weighted by Crippen LogP contribution is 2.16. The SMILES string of the molecule is CC(C(=O)Nc1cnn(COCC(F)(F)F)c1)n1cc(Br)cn1. The van der Waals surface area contributed by atoms with E-state index in [9.17, 15) is 18.0 Å². The highest BCUT2D eigenvalue weighted by molar-refractivity contribution is 9.10. The predicted octanol–water partition coefficient (Wildman–Crippen LogP) is 2.58. The summed E-state index contributed by atoms with van der Waals surface area (Å²) in [5.74, 6) is -0.337. The third kappa shape index (κ3) is 5.36. The van der Waals surface area contributed by atoms with Gasteiger partial charge in [0.05, 0.1) is 28.8 Å². The van der Waals surface area contributed by atoms with Gasteiger partial charge in [0, 0.05) is 6.20 Å². The summed E-state index contributed by atoms with van der Waals surface area (Å²) in [7, 11) is 0. The van der Waals surface area contributed by atoms with E-state index < -0.39 is 18.8 Å². The van der Waals surface area contributed by atoms with Crippen molar-refractivity contribution >= 4 is 27.5 Å². The number of anilines is 1. The summed E-state index contributed by atoms with van der Waals surface area (Å²) in [5.41, 5.74) is 0.351. The van der Waals surface area contributed by atoms with Crippen molar-refractivity contribution in [3.63, 3.8) is 0 Å². The molecule has 0 aromatic carbocycles. The number of hydrogen-bond donors (Lipinski definition) is 1. The molecule has 11 heteroatoms. The maximum Gasteiger partial charge on any atom is 0.411 e. The summed E-state index contributed by atoms with van der Waals surface area (Å²) in [4.78, 5) is 12.1. The summed E-state index contributed by atoms with van der Waals surface area (Å²) in [6, 6.07) is -0.564. The quantitative estimate of drug-likeness (QED) is 0.815. The van der Waals surface area contributed by atoms with Gasteiger partial charge in [-0.25, -0.2) is 4.68 Å². The van der Waals surface area contributed by atoms with Crippen molar-refractivity contribution in [3.8, 4) is 0 Å². The number of nitrogens with zero attached hydrogens (tertiary/aromatic N) is 4. The Bertz CT molecular complexity index is 670. The lowest BCUT2D eigenvalue weighted by atomic mass is 10.3. The standard InChI is InChI=1S/C12H13BrF3N5O2/c1-8(21-4-9(13)2-18-21)11(22)19-10-3-17-20(5-10)7-23-6-12(14,15)16/h2-5,8H,6-7H2,1H3,(H,19,22). The molecule has 0 spiro atoms. The van der Waals surface area contributed by atoms with Crippen LogP contribution in [0.3, 0.4) is 0 Å². The van der Waals surface area contributed by atoms with Gasteiger partial charge in [-0.2, -0.15) is 23.4 Å². The van der Waals surface area contributed by atoms with E-state index in [0.717, 1.165) is 9.15 Å². The zero-order valence-electron chi connectivity index (χ0n) is 11.9. The van der Waals surface area contributed by atoms with Crippen LogP contribution in [0.25, 0.3) is 0 Å². The van der Waals surface area contributed by atoms with E-state index in [1.54, 1.807) is 19.3 Å². The van der Waals surface area contributed by atoms with Gasteiger partial charge in [-0.1, -0.05) is 0 Å². The number of ether oxygens (including phenoxy) is 1. The second-order valence-corrected chi connectivity index (χ2v) is 5.58. The first-order valence-electron chi connectivity index (χ1n) is 6.42. The van der Waals surface area contributed by atoms with E-state index in [1.807, 2.05) is 0 Å². The summed E-state index contributed by atoms with van der Waals surface area (Å²) < 4.78 is 43.7. The Hall–Kier alpha value is -1.88. The molecule has 2 rings (SSSR count). The molecule has 2 heterocycles.